The molecule has 5 nitrogen and oxygen atoms in total. The van der Waals surface area contributed by atoms with Gasteiger partial charge in [0.1, 0.15) is 0 Å². The highest BCUT2D eigenvalue weighted by molar-refractivity contribution is 7.00. The fraction of sp³-hybridized carbons (Fsp3) is 0.235. The summed E-state index contributed by atoms with van der Waals surface area (Å²) in [6.07, 6.45) is 0. The lowest BCUT2D eigenvalue weighted by atomic mass is 9.33. The van der Waals surface area contributed by atoms with E-state index in [4.69, 9.17) is 7.16 Å². The van der Waals surface area contributed by atoms with Crippen molar-refractivity contribution in [3.8, 4) is 44.8 Å². The molecule has 16 aromatic rings. The Labute approximate surface area is 649 Å². The molecule has 2 aliphatic heterocycles. The Morgan fingerprint density at radius 2 is 0.759 bits per heavy atom. The third kappa shape index (κ3) is 11.1. The highest BCUT2D eigenvalue weighted by atomic mass is 16.3. The molecule has 0 amide bonds. The summed E-state index contributed by atoms with van der Waals surface area (Å²) in [7, 11) is 0. The van der Waals surface area contributed by atoms with Crippen molar-refractivity contribution in [1.82, 2.24) is 9.13 Å². The summed E-state index contributed by atoms with van der Waals surface area (Å²) in [4.78, 5) is 4.95. The number of fused-ring (bicyclic) bond motifs is 13. The van der Waals surface area contributed by atoms with Gasteiger partial charge in [0.2, 0.25) is 0 Å². The molecule has 18 rings (SSSR count). The van der Waals surface area contributed by atoms with Crippen molar-refractivity contribution < 1.29 is 15.4 Å². The van der Waals surface area contributed by atoms with Gasteiger partial charge in [-0.1, -0.05) is 294 Å². The van der Waals surface area contributed by atoms with E-state index in [1.54, 1.807) is 4.57 Å². The fourth-order valence-electron chi connectivity index (χ4n) is 16.9. The number of hydrogen-bond donors (Lipinski definition) is 0. The van der Waals surface area contributed by atoms with Gasteiger partial charge in [-0.05, 0) is 195 Å². The zero-order valence-electron chi connectivity index (χ0n) is 73.5. The Bertz CT molecular complexity index is 6640. The van der Waals surface area contributed by atoms with Gasteiger partial charge in [-0.2, -0.15) is 0 Å². The van der Waals surface area contributed by atoms with Crippen molar-refractivity contribution >= 4 is 123 Å². The quantitative estimate of drug-likeness (QED) is 0.149. The normalized spacial score (nSPS) is 14.6. The Hall–Kier alpha value is -11.1. The second-order valence-electron chi connectivity index (χ2n) is 36.5. The number of benzene rings is 13. The van der Waals surface area contributed by atoms with Crippen LogP contribution in [0.4, 0.5) is 34.1 Å². The van der Waals surface area contributed by atoms with Crippen LogP contribution in [-0.4, -0.2) is 15.8 Å². The molecule has 0 atom stereocenters. The van der Waals surface area contributed by atoms with E-state index in [0.717, 1.165) is 134 Å². The summed E-state index contributed by atoms with van der Waals surface area (Å²) < 4.78 is 87.8. The van der Waals surface area contributed by atoms with Gasteiger partial charge in [0, 0.05) is 71.9 Å². The molecule has 0 unspecified atom stereocenters. The second kappa shape index (κ2) is 24.2. The SMILES string of the molecule is [2H]c1c([2H])c([2H])c2c(c1[2H])c1c([2H])c([2H])c([2H])c([2H])c1n2-c1ccc2c(c1)N(c1c(-c3ccccc3)cc(C(C)(C)C)cc1-c1ccccc1)c1cc(C(C)(C)C)cc3c1B2c1cc(-c2cc(C(C)(C)C)cc(C(C)(C)C)c2)ccc1N3c1cccc2c1oc1c(-n3c4ccc(C(C)(C)C)cc4c4cc(C(C)(C)C)ccc43)cccc12. The third-order valence-corrected chi connectivity index (χ3v) is 23.0. The van der Waals surface area contributed by atoms with Gasteiger partial charge in [0.15, 0.2) is 11.2 Å². The Morgan fingerprint density at radius 1 is 0.287 bits per heavy atom. The van der Waals surface area contributed by atoms with E-state index in [0.29, 0.717) is 5.69 Å². The molecular weight excluding hydrogens is 1310 g/mol. The number of rotatable bonds is 7. The topological polar surface area (TPSA) is 29.5 Å². The maximum absolute atomic E-state index is 9.88. The first-order chi connectivity index (χ1) is 54.7. The minimum absolute atomic E-state index is 0.0127. The van der Waals surface area contributed by atoms with E-state index < -0.39 is 48.4 Å². The zero-order chi connectivity index (χ0) is 82.2. The summed E-state index contributed by atoms with van der Waals surface area (Å²) in [5, 5.41) is 4.37. The van der Waals surface area contributed by atoms with Crippen molar-refractivity contribution in [1.29, 1.82) is 0 Å². The molecule has 0 saturated carbocycles. The Kier molecular flexibility index (Phi) is 13.5. The first kappa shape index (κ1) is 60.0. The Morgan fingerprint density at radius 3 is 1.28 bits per heavy atom. The monoisotopic (exact) mass is 1410 g/mol. The second-order valence-corrected chi connectivity index (χ2v) is 36.5. The van der Waals surface area contributed by atoms with Crippen molar-refractivity contribution in [3.63, 3.8) is 0 Å². The van der Waals surface area contributed by atoms with Crippen LogP contribution in [-0.2, 0) is 32.5 Å². The maximum atomic E-state index is 9.88. The average Bonchev–Trinajstić information content (AvgIpc) is 0.718. The predicted molar refractivity (Wildman–Crippen MR) is 465 cm³/mol. The van der Waals surface area contributed by atoms with E-state index in [-0.39, 0.29) is 61.0 Å². The molecule has 6 heteroatoms. The van der Waals surface area contributed by atoms with Gasteiger partial charge >= 0.3 is 0 Å². The van der Waals surface area contributed by atoms with Gasteiger partial charge in [-0.15, -0.1) is 0 Å². The smallest absolute Gasteiger partial charge is 0.252 e. The summed E-state index contributed by atoms with van der Waals surface area (Å²) in [5.41, 5.74) is 25.4. The lowest BCUT2D eigenvalue weighted by Gasteiger charge is -2.46. The van der Waals surface area contributed by atoms with Crippen LogP contribution in [0.5, 0.6) is 0 Å². The molecule has 0 radical (unpaired) electrons. The highest BCUT2D eigenvalue weighted by Gasteiger charge is 2.46. The van der Waals surface area contributed by atoms with Gasteiger partial charge in [0.05, 0.1) is 50.1 Å². The molecule has 3 aromatic heterocycles. The lowest BCUT2D eigenvalue weighted by molar-refractivity contribution is 0.569. The van der Waals surface area contributed by atoms with Gasteiger partial charge in [-0.25, -0.2) is 0 Å². The van der Waals surface area contributed by atoms with Gasteiger partial charge in [0.25, 0.3) is 6.71 Å². The number of anilines is 6. The molecule has 0 aliphatic carbocycles. The predicted octanol–water partition coefficient (Wildman–Crippen LogP) is 26.6. The molecule has 0 fully saturated rings. The zero-order valence-corrected chi connectivity index (χ0v) is 65.5. The summed E-state index contributed by atoms with van der Waals surface area (Å²) in [5.74, 6) is 0. The molecule has 0 spiro atoms. The van der Waals surface area contributed by atoms with E-state index in [1.165, 1.54) is 33.0 Å². The van der Waals surface area contributed by atoms with E-state index in [2.05, 4.69) is 345 Å². The molecule has 534 valence electrons. The van der Waals surface area contributed by atoms with E-state index >= 15 is 0 Å². The summed E-state index contributed by atoms with van der Waals surface area (Å²) >= 11 is 0. The van der Waals surface area contributed by atoms with Crippen LogP contribution in [0.1, 0.15) is 169 Å². The van der Waals surface area contributed by atoms with Crippen LogP contribution in [0.15, 0.2) is 265 Å². The van der Waals surface area contributed by atoms with Crippen molar-refractivity contribution in [2.75, 3.05) is 9.80 Å². The fourth-order valence-corrected chi connectivity index (χ4v) is 16.9. The number of furan rings is 1. The van der Waals surface area contributed by atoms with Crippen LogP contribution in [0.3, 0.4) is 0 Å². The minimum Gasteiger partial charge on any atom is -0.452 e. The van der Waals surface area contributed by atoms with Crippen LogP contribution >= 0.6 is 0 Å². The Balaban J connectivity index is 1.00. The van der Waals surface area contributed by atoms with Crippen LogP contribution < -0.4 is 26.2 Å². The summed E-state index contributed by atoms with van der Waals surface area (Å²) in [6, 6.07) is 75.0. The molecule has 13 aromatic carbocycles. The molecule has 0 N–H and O–H groups in total. The third-order valence-electron chi connectivity index (χ3n) is 23.0. The number of nitrogens with zero attached hydrogens (tertiary/aromatic N) is 4. The van der Waals surface area contributed by atoms with E-state index in [9.17, 15) is 8.22 Å². The molecule has 108 heavy (non-hydrogen) atoms. The molecule has 0 bridgehead atoms. The molecule has 5 heterocycles. The van der Waals surface area contributed by atoms with Crippen molar-refractivity contribution in [3.05, 3.63) is 294 Å². The van der Waals surface area contributed by atoms with Crippen LogP contribution in [0.2, 0.25) is 0 Å². The first-order valence-electron chi connectivity index (χ1n) is 42.3. The van der Waals surface area contributed by atoms with Crippen molar-refractivity contribution in [2.24, 2.45) is 0 Å². The summed E-state index contributed by atoms with van der Waals surface area (Å²) in [6.45, 7) is 40.5. The average molecular weight is 1410 g/mol. The van der Waals surface area contributed by atoms with Gasteiger partial charge in [-0.3, -0.25) is 0 Å². The largest absolute Gasteiger partial charge is 0.452 e. The standard InChI is InChI=1S/C102H97BN4O/c1-97(2,3)66-44-49-85-79(55-66)80-56-67(98(4,5)6)45-50-86(80)105(85)88-41-29-37-75-76-38-30-42-89(96(76)108-95(75)88)106-87-48-43-64(65-51-68(99(7,8)9)54-69(52-65)100(10,11)12)53-82(87)103-81-47-46-72(104-83-39-27-25-35-73(83)74-36-26-28-40-84(74)104)61-90(81)107(92-60-71(102(16,17)18)59-91(106)93(92)103)94-77(62-31-21-19-22-32-62)57-70(101(13,14)15)58-78(94)63-33-23-20-24-34-63/h19-61H,1-18H3/i25D,26D,27D,28D,35D,36D,39D,40D. The van der Waals surface area contributed by atoms with Crippen LogP contribution in [0.25, 0.3) is 110 Å². The number of hydrogen-bond acceptors (Lipinski definition) is 3. The molecule has 2 aliphatic rings. The highest BCUT2D eigenvalue weighted by Crippen LogP contribution is 2.55. The lowest BCUT2D eigenvalue weighted by Crippen LogP contribution is -2.61. The maximum Gasteiger partial charge on any atom is 0.252 e. The van der Waals surface area contributed by atoms with E-state index in [1.807, 2.05) is 6.07 Å². The minimum atomic E-state index is -0.510. The number of para-hydroxylation sites is 4. The first-order valence-corrected chi connectivity index (χ1v) is 38.3. The van der Waals surface area contributed by atoms with Crippen molar-refractivity contribution in [2.45, 2.75) is 157 Å². The molecular formula is C102H97BN4O. The van der Waals surface area contributed by atoms with Crippen LogP contribution in [0, 0.1) is 0 Å². The molecule has 0 saturated heterocycles. The number of aromatic nitrogens is 2. The van der Waals surface area contributed by atoms with Gasteiger partial charge < -0.3 is 23.4 Å².